The van der Waals surface area contributed by atoms with Crippen molar-refractivity contribution in [2.24, 2.45) is 0 Å². The van der Waals surface area contributed by atoms with Gasteiger partial charge in [0, 0.05) is 18.6 Å². The van der Waals surface area contributed by atoms with Gasteiger partial charge in [-0.3, -0.25) is 0 Å². The first-order chi connectivity index (χ1) is 10.1. The molecule has 0 amide bonds. The standard InChI is InChI=1S/C16H24N2O2S/c1-13-5-9-16(10-6-13)21(19,20)18(15-7-8-15)12-14-4-2-3-11-17-14/h5-6,9-10,14-15,17H,2-4,7-8,11-12H2,1H3. The van der Waals surface area contributed by atoms with Crippen molar-refractivity contribution in [2.45, 2.75) is 56.0 Å². The van der Waals surface area contributed by atoms with E-state index in [1.807, 2.05) is 19.1 Å². The molecular weight excluding hydrogens is 284 g/mol. The first-order valence-electron chi connectivity index (χ1n) is 7.89. The Morgan fingerprint density at radius 2 is 1.86 bits per heavy atom. The van der Waals surface area contributed by atoms with Crippen molar-refractivity contribution < 1.29 is 8.42 Å². The number of benzene rings is 1. The van der Waals surface area contributed by atoms with Crippen molar-refractivity contribution >= 4 is 10.0 Å². The van der Waals surface area contributed by atoms with Gasteiger partial charge in [0.05, 0.1) is 4.90 Å². The highest BCUT2D eigenvalue weighted by molar-refractivity contribution is 7.89. The largest absolute Gasteiger partial charge is 0.313 e. The van der Waals surface area contributed by atoms with Gasteiger partial charge in [-0.25, -0.2) is 8.42 Å². The van der Waals surface area contributed by atoms with E-state index in [0.29, 0.717) is 17.5 Å². The highest BCUT2D eigenvalue weighted by Crippen LogP contribution is 2.32. The summed E-state index contributed by atoms with van der Waals surface area (Å²) in [5.74, 6) is 0. The summed E-state index contributed by atoms with van der Waals surface area (Å²) in [7, 11) is -3.36. The minimum Gasteiger partial charge on any atom is -0.313 e. The summed E-state index contributed by atoms with van der Waals surface area (Å²) in [6.45, 7) is 3.59. The van der Waals surface area contributed by atoms with Gasteiger partial charge in [-0.05, 0) is 51.3 Å². The number of hydrogen-bond acceptors (Lipinski definition) is 3. The SMILES string of the molecule is Cc1ccc(S(=O)(=O)N(CC2CCCCN2)C2CC2)cc1. The molecule has 1 aromatic carbocycles. The Morgan fingerprint density at radius 1 is 1.14 bits per heavy atom. The van der Waals surface area contributed by atoms with E-state index in [2.05, 4.69) is 5.32 Å². The average molecular weight is 308 g/mol. The van der Waals surface area contributed by atoms with Crippen LogP contribution in [0.2, 0.25) is 0 Å². The molecular formula is C16H24N2O2S. The molecule has 1 aromatic rings. The number of nitrogens with one attached hydrogen (secondary N) is 1. The smallest absolute Gasteiger partial charge is 0.243 e. The second-order valence-electron chi connectivity index (χ2n) is 6.27. The van der Waals surface area contributed by atoms with Crippen LogP contribution in [-0.2, 0) is 10.0 Å². The van der Waals surface area contributed by atoms with Crippen LogP contribution in [0.4, 0.5) is 0 Å². The Kier molecular flexibility index (Phi) is 4.33. The van der Waals surface area contributed by atoms with E-state index in [0.717, 1.165) is 31.4 Å². The lowest BCUT2D eigenvalue weighted by Crippen LogP contribution is -2.46. The van der Waals surface area contributed by atoms with Gasteiger partial charge in [-0.15, -0.1) is 0 Å². The maximum atomic E-state index is 12.9. The fourth-order valence-corrected chi connectivity index (χ4v) is 4.68. The molecule has 1 atom stereocenters. The third-order valence-electron chi connectivity index (χ3n) is 4.39. The maximum absolute atomic E-state index is 12.9. The predicted molar refractivity (Wildman–Crippen MR) is 83.7 cm³/mol. The van der Waals surface area contributed by atoms with E-state index in [1.54, 1.807) is 16.4 Å². The summed E-state index contributed by atoms with van der Waals surface area (Å²) >= 11 is 0. The van der Waals surface area contributed by atoms with Gasteiger partial charge in [0.25, 0.3) is 0 Å². The average Bonchev–Trinajstić information content (AvgIpc) is 3.31. The van der Waals surface area contributed by atoms with Gasteiger partial charge in [0.1, 0.15) is 0 Å². The summed E-state index contributed by atoms with van der Waals surface area (Å²) in [6.07, 6.45) is 5.47. The van der Waals surface area contributed by atoms with Crippen LogP contribution in [0.1, 0.15) is 37.7 Å². The van der Waals surface area contributed by atoms with Gasteiger partial charge in [0.15, 0.2) is 0 Å². The minimum absolute atomic E-state index is 0.208. The Hall–Kier alpha value is -0.910. The van der Waals surface area contributed by atoms with E-state index >= 15 is 0 Å². The van der Waals surface area contributed by atoms with Crippen molar-refractivity contribution in [1.82, 2.24) is 9.62 Å². The van der Waals surface area contributed by atoms with Crippen molar-refractivity contribution in [3.63, 3.8) is 0 Å². The predicted octanol–water partition coefficient (Wildman–Crippen LogP) is 2.29. The number of rotatable bonds is 5. The van der Waals surface area contributed by atoms with Crippen LogP contribution in [0.15, 0.2) is 29.2 Å². The zero-order valence-corrected chi connectivity index (χ0v) is 13.4. The highest BCUT2D eigenvalue weighted by atomic mass is 32.2. The Bertz CT molecular complexity index is 573. The topological polar surface area (TPSA) is 49.4 Å². The Morgan fingerprint density at radius 3 is 2.43 bits per heavy atom. The lowest BCUT2D eigenvalue weighted by Gasteiger charge is -2.30. The number of nitrogens with zero attached hydrogens (tertiary/aromatic N) is 1. The van der Waals surface area contributed by atoms with Gasteiger partial charge >= 0.3 is 0 Å². The zero-order valence-electron chi connectivity index (χ0n) is 12.6. The van der Waals surface area contributed by atoms with E-state index < -0.39 is 10.0 Å². The first-order valence-corrected chi connectivity index (χ1v) is 9.33. The monoisotopic (exact) mass is 308 g/mol. The van der Waals surface area contributed by atoms with Crippen molar-refractivity contribution in [1.29, 1.82) is 0 Å². The van der Waals surface area contributed by atoms with Crippen LogP contribution < -0.4 is 5.32 Å². The molecule has 116 valence electrons. The van der Waals surface area contributed by atoms with Gasteiger partial charge in [-0.1, -0.05) is 24.1 Å². The molecule has 3 rings (SSSR count). The van der Waals surface area contributed by atoms with Gasteiger partial charge in [-0.2, -0.15) is 4.31 Å². The molecule has 1 aliphatic carbocycles. The van der Waals surface area contributed by atoms with Crippen LogP contribution >= 0.6 is 0 Å². The van der Waals surface area contributed by atoms with Crippen LogP contribution in [0.25, 0.3) is 0 Å². The number of hydrogen-bond donors (Lipinski definition) is 1. The lowest BCUT2D eigenvalue weighted by atomic mass is 10.1. The van der Waals surface area contributed by atoms with Crippen LogP contribution in [0.3, 0.4) is 0 Å². The Labute approximate surface area is 127 Å². The normalized spacial score (nSPS) is 23.4. The quantitative estimate of drug-likeness (QED) is 0.908. The highest BCUT2D eigenvalue weighted by Gasteiger charge is 2.39. The Balaban J connectivity index is 1.80. The van der Waals surface area contributed by atoms with Crippen LogP contribution in [0.5, 0.6) is 0 Å². The fraction of sp³-hybridized carbons (Fsp3) is 0.625. The third kappa shape index (κ3) is 3.47. The van der Waals surface area contributed by atoms with E-state index in [4.69, 9.17) is 0 Å². The second-order valence-corrected chi connectivity index (χ2v) is 8.16. The molecule has 1 heterocycles. The first kappa shape index (κ1) is 15.0. The van der Waals surface area contributed by atoms with Crippen molar-refractivity contribution in [3.05, 3.63) is 29.8 Å². The molecule has 2 fully saturated rings. The van der Waals surface area contributed by atoms with Crippen LogP contribution in [0, 0.1) is 6.92 Å². The molecule has 1 unspecified atom stereocenters. The van der Waals surface area contributed by atoms with E-state index in [-0.39, 0.29) is 6.04 Å². The summed E-state index contributed by atoms with van der Waals surface area (Å²) in [5.41, 5.74) is 1.08. The second kappa shape index (κ2) is 6.07. The van der Waals surface area contributed by atoms with Crippen LogP contribution in [-0.4, -0.2) is 37.9 Å². The maximum Gasteiger partial charge on any atom is 0.243 e. The molecule has 1 N–H and O–H groups in total. The molecule has 0 spiro atoms. The van der Waals surface area contributed by atoms with Gasteiger partial charge in [0.2, 0.25) is 10.0 Å². The van der Waals surface area contributed by atoms with Crippen molar-refractivity contribution in [2.75, 3.05) is 13.1 Å². The molecule has 5 heteroatoms. The zero-order chi connectivity index (χ0) is 14.9. The summed E-state index contributed by atoms with van der Waals surface area (Å²) in [4.78, 5) is 0.427. The molecule has 1 saturated carbocycles. The summed E-state index contributed by atoms with van der Waals surface area (Å²) in [6, 6.07) is 7.72. The number of piperidine rings is 1. The molecule has 0 radical (unpaired) electrons. The van der Waals surface area contributed by atoms with Gasteiger partial charge < -0.3 is 5.32 Å². The lowest BCUT2D eigenvalue weighted by molar-refractivity contribution is 0.307. The molecule has 1 saturated heterocycles. The number of sulfonamides is 1. The number of aryl methyl sites for hydroxylation is 1. The minimum atomic E-state index is -3.36. The van der Waals surface area contributed by atoms with Crippen molar-refractivity contribution in [3.8, 4) is 0 Å². The van der Waals surface area contributed by atoms with E-state index in [1.165, 1.54) is 12.8 Å². The summed E-state index contributed by atoms with van der Waals surface area (Å²) < 4.78 is 27.5. The fourth-order valence-electron chi connectivity index (χ4n) is 2.95. The molecule has 1 aliphatic heterocycles. The molecule has 2 aliphatic rings. The molecule has 0 bridgehead atoms. The third-order valence-corrected chi connectivity index (χ3v) is 6.33. The molecule has 4 nitrogen and oxygen atoms in total. The van der Waals surface area contributed by atoms with E-state index in [9.17, 15) is 8.42 Å². The molecule has 21 heavy (non-hydrogen) atoms. The summed E-state index contributed by atoms with van der Waals surface area (Å²) in [5, 5.41) is 3.46. The molecule has 0 aromatic heterocycles.